The van der Waals surface area contributed by atoms with Gasteiger partial charge < -0.3 is 4.90 Å². The highest BCUT2D eigenvalue weighted by atomic mass is 32.1. The van der Waals surface area contributed by atoms with Crippen LogP contribution in [0.4, 0.5) is 17.1 Å². The Morgan fingerprint density at radius 3 is 1.49 bits per heavy atom. The molecule has 0 saturated heterocycles. The summed E-state index contributed by atoms with van der Waals surface area (Å²) in [5, 5.41) is 7.86. The van der Waals surface area contributed by atoms with Gasteiger partial charge in [0, 0.05) is 57.4 Å². The highest BCUT2D eigenvalue weighted by molar-refractivity contribution is 7.26. The lowest BCUT2D eigenvalue weighted by atomic mass is 9.99. The molecule has 0 radical (unpaired) electrons. The third kappa shape index (κ3) is 4.90. The standard InChI is InChI=1S/C46H29NS2/c1-2-8-30(9-3-1)31-16-20-36(21-17-31)47(38-24-25-41-39-10-4-6-12-43(39)49-46(41)29-38)37-22-18-32(19-23-37)33-14-15-34-28-45-42(27-35(34)26-33)40-11-5-7-13-44(40)48-45/h1-29H. The summed E-state index contributed by atoms with van der Waals surface area (Å²) in [6, 6.07) is 64.5. The van der Waals surface area contributed by atoms with Crippen molar-refractivity contribution in [3.05, 3.63) is 176 Å². The molecular formula is C46H29NS2. The summed E-state index contributed by atoms with van der Waals surface area (Å²) in [7, 11) is 0. The Morgan fingerprint density at radius 1 is 0.286 bits per heavy atom. The van der Waals surface area contributed by atoms with Crippen LogP contribution in [0.25, 0.3) is 73.4 Å². The molecule has 0 bridgehead atoms. The molecule has 0 amide bonds. The van der Waals surface area contributed by atoms with Gasteiger partial charge in [-0.05, 0) is 99.8 Å². The summed E-state index contributed by atoms with van der Waals surface area (Å²) in [5.74, 6) is 0. The number of thiophene rings is 2. The fourth-order valence-electron chi connectivity index (χ4n) is 7.19. The molecular weight excluding hydrogens is 631 g/mol. The van der Waals surface area contributed by atoms with E-state index in [2.05, 4.69) is 181 Å². The topological polar surface area (TPSA) is 3.24 Å². The van der Waals surface area contributed by atoms with E-state index in [0.717, 1.165) is 17.1 Å². The average Bonchev–Trinajstić information content (AvgIpc) is 3.72. The smallest absolute Gasteiger partial charge is 0.0476 e. The summed E-state index contributed by atoms with van der Waals surface area (Å²) in [5.41, 5.74) is 8.28. The Balaban J connectivity index is 1.06. The van der Waals surface area contributed by atoms with Gasteiger partial charge in [0.25, 0.3) is 0 Å². The summed E-state index contributed by atoms with van der Waals surface area (Å²) in [4.78, 5) is 2.38. The lowest BCUT2D eigenvalue weighted by molar-refractivity contribution is 1.29. The van der Waals surface area contributed by atoms with Gasteiger partial charge in [-0.2, -0.15) is 0 Å². The Morgan fingerprint density at radius 2 is 0.796 bits per heavy atom. The van der Waals surface area contributed by atoms with Crippen LogP contribution in [0.2, 0.25) is 0 Å². The highest BCUT2D eigenvalue weighted by Gasteiger charge is 2.16. The zero-order chi connectivity index (χ0) is 32.3. The fourth-order valence-corrected chi connectivity index (χ4v) is 9.46. The molecule has 2 aromatic heterocycles. The number of hydrogen-bond donors (Lipinski definition) is 0. The summed E-state index contributed by atoms with van der Waals surface area (Å²) in [6.07, 6.45) is 0. The van der Waals surface area contributed by atoms with Crippen LogP contribution >= 0.6 is 22.7 Å². The molecule has 230 valence electrons. The zero-order valence-corrected chi connectivity index (χ0v) is 28.1. The Labute approximate surface area is 292 Å². The molecule has 0 atom stereocenters. The van der Waals surface area contributed by atoms with E-state index in [1.165, 1.54) is 73.4 Å². The van der Waals surface area contributed by atoms with Gasteiger partial charge in [-0.3, -0.25) is 0 Å². The molecule has 0 aliphatic heterocycles. The van der Waals surface area contributed by atoms with E-state index in [0.29, 0.717) is 0 Å². The maximum atomic E-state index is 2.38. The first-order valence-electron chi connectivity index (χ1n) is 16.6. The van der Waals surface area contributed by atoms with Crippen molar-refractivity contribution in [1.29, 1.82) is 0 Å². The van der Waals surface area contributed by atoms with Crippen molar-refractivity contribution in [3.8, 4) is 22.3 Å². The molecule has 10 rings (SSSR count). The van der Waals surface area contributed by atoms with Crippen molar-refractivity contribution in [3.63, 3.8) is 0 Å². The second-order valence-electron chi connectivity index (χ2n) is 12.6. The molecule has 0 fully saturated rings. The number of rotatable bonds is 5. The van der Waals surface area contributed by atoms with Crippen LogP contribution in [-0.2, 0) is 0 Å². The molecule has 2 heterocycles. The molecule has 0 N–H and O–H groups in total. The van der Waals surface area contributed by atoms with Crippen LogP contribution in [0.15, 0.2) is 176 Å². The predicted molar refractivity (Wildman–Crippen MR) is 215 cm³/mol. The van der Waals surface area contributed by atoms with Crippen molar-refractivity contribution in [2.24, 2.45) is 0 Å². The first kappa shape index (κ1) is 28.3. The van der Waals surface area contributed by atoms with E-state index >= 15 is 0 Å². The molecule has 1 nitrogen and oxygen atoms in total. The minimum absolute atomic E-state index is 1.13. The molecule has 0 saturated carbocycles. The van der Waals surface area contributed by atoms with Gasteiger partial charge in [0.05, 0.1) is 0 Å². The van der Waals surface area contributed by atoms with Gasteiger partial charge in [-0.1, -0.05) is 109 Å². The van der Waals surface area contributed by atoms with E-state index in [1.54, 1.807) is 0 Å². The van der Waals surface area contributed by atoms with E-state index < -0.39 is 0 Å². The van der Waals surface area contributed by atoms with E-state index in [1.807, 2.05) is 22.7 Å². The Hall–Kier alpha value is -5.74. The van der Waals surface area contributed by atoms with E-state index in [9.17, 15) is 0 Å². The summed E-state index contributed by atoms with van der Waals surface area (Å²) < 4.78 is 5.30. The van der Waals surface area contributed by atoms with Gasteiger partial charge >= 0.3 is 0 Å². The van der Waals surface area contributed by atoms with Crippen LogP contribution < -0.4 is 4.90 Å². The molecule has 0 spiro atoms. The van der Waals surface area contributed by atoms with Gasteiger partial charge in [-0.15, -0.1) is 22.7 Å². The van der Waals surface area contributed by atoms with Gasteiger partial charge in [0.15, 0.2) is 0 Å². The first-order chi connectivity index (χ1) is 24.2. The predicted octanol–water partition coefficient (Wildman–Crippen LogP) is 14.4. The number of hydrogen-bond acceptors (Lipinski definition) is 3. The molecule has 0 aliphatic carbocycles. The number of fused-ring (bicyclic) bond motifs is 7. The van der Waals surface area contributed by atoms with Crippen molar-refractivity contribution in [2.75, 3.05) is 4.90 Å². The van der Waals surface area contributed by atoms with Crippen molar-refractivity contribution in [2.45, 2.75) is 0 Å². The van der Waals surface area contributed by atoms with Crippen LogP contribution in [0.3, 0.4) is 0 Å². The van der Waals surface area contributed by atoms with E-state index in [-0.39, 0.29) is 0 Å². The quantitative estimate of drug-likeness (QED) is 0.178. The highest BCUT2D eigenvalue weighted by Crippen LogP contribution is 2.42. The Bertz CT molecular complexity index is 2810. The minimum atomic E-state index is 1.13. The van der Waals surface area contributed by atoms with Crippen LogP contribution in [-0.4, -0.2) is 0 Å². The number of nitrogens with zero attached hydrogens (tertiary/aromatic N) is 1. The zero-order valence-electron chi connectivity index (χ0n) is 26.5. The molecule has 8 aromatic carbocycles. The normalized spacial score (nSPS) is 11.7. The van der Waals surface area contributed by atoms with Crippen LogP contribution in [0, 0.1) is 0 Å². The molecule has 49 heavy (non-hydrogen) atoms. The monoisotopic (exact) mass is 659 g/mol. The number of anilines is 3. The van der Waals surface area contributed by atoms with Gasteiger partial charge in [0.1, 0.15) is 0 Å². The molecule has 3 heteroatoms. The van der Waals surface area contributed by atoms with Gasteiger partial charge in [0.2, 0.25) is 0 Å². The molecule has 0 aliphatic rings. The third-order valence-electron chi connectivity index (χ3n) is 9.65. The lowest BCUT2D eigenvalue weighted by Crippen LogP contribution is -2.09. The Kier molecular flexibility index (Phi) is 6.61. The summed E-state index contributed by atoms with van der Waals surface area (Å²) >= 11 is 3.73. The minimum Gasteiger partial charge on any atom is -0.310 e. The largest absolute Gasteiger partial charge is 0.310 e. The SMILES string of the molecule is c1ccc(-c2ccc(N(c3ccc(-c4ccc5cc6sc7ccccc7c6cc5c4)cc3)c3ccc4c(c3)sc3ccccc34)cc2)cc1. The van der Waals surface area contributed by atoms with E-state index in [4.69, 9.17) is 0 Å². The lowest BCUT2D eigenvalue weighted by Gasteiger charge is -2.26. The average molecular weight is 660 g/mol. The van der Waals surface area contributed by atoms with Crippen molar-refractivity contribution in [1.82, 2.24) is 0 Å². The van der Waals surface area contributed by atoms with Crippen molar-refractivity contribution < 1.29 is 0 Å². The second kappa shape index (κ2) is 11.5. The first-order valence-corrected chi connectivity index (χ1v) is 18.2. The summed E-state index contributed by atoms with van der Waals surface area (Å²) in [6.45, 7) is 0. The third-order valence-corrected chi connectivity index (χ3v) is 11.9. The van der Waals surface area contributed by atoms with Crippen LogP contribution in [0.1, 0.15) is 0 Å². The van der Waals surface area contributed by atoms with Gasteiger partial charge in [-0.25, -0.2) is 0 Å². The number of benzene rings is 8. The van der Waals surface area contributed by atoms with Crippen molar-refractivity contribution >= 4 is 90.9 Å². The van der Waals surface area contributed by atoms with Crippen LogP contribution in [0.5, 0.6) is 0 Å². The maximum absolute atomic E-state index is 2.38. The molecule has 0 unspecified atom stereocenters. The second-order valence-corrected chi connectivity index (χ2v) is 14.7. The molecule has 10 aromatic rings. The maximum Gasteiger partial charge on any atom is 0.0476 e. The fraction of sp³-hybridized carbons (Fsp3) is 0.